The summed E-state index contributed by atoms with van der Waals surface area (Å²) in [5.41, 5.74) is 1.66. The van der Waals surface area contributed by atoms with Crippen LogP contribution in [0.2, 0.25) is 0 Å². The highest BCUT2D eigenvalue weighted by atomic mass is 16.3. The van der Waals surface area contributed by atoms with Gasteiger partial charge in [0.1, 0.15) is 0 Å². The molecule has 0 bridgehead atoms. The quantitative estimate of drug-likeness (QED) is 0.802. The molecule has 3 nitrogen and oxygen atoms in total. The van der Waals surface area contributed by atoms with Gasteiger partial charge in [-0.2, -0.15) is 0 Å². The standard InChI is InChI=1S/C14H13NO2/c1-3-12-7-4-5-8-13(12)15(11(2)16)14-9-6-10-17-14/h3-10H,1H2,2H3. The van der Waals surface area contributed by atoms with Gasteiger partial charge < -0.3 is 4.42 Å². The van der Waals surface area contributed by atoms with Crippen molar-refractivity contribution in [3.05, 3.63) is 54.8 Å². The first-order chi connectivity index (χ1) is 8.24. The molecule has 0 fully saturated rings. The normalized spacial score (nSPS) is 9.94. The fourth-order valence-electron chi connectivity index (χ4n) is 1.70. The maximum absolute atomic E-state index is 11.7. The van der Waals surface area contributed by atoms with E-state index in [1.807, 2.05) is 24.3 Å². The average molecular weight is 227 g/mol. The molecule has 1 heterocycles. The lowest BCUT2D eigenvalue weighted by molar-refractivity contribution is -0.116. The number of carbonyl (C=O) groups is 1. The first-order valence-electron chi connectivity index (χ1n) is 5.29. The van der Waals surface area contributed by atoms with Crippen molar-refractivity contribution in [2.24, 2.45) is 0 Å². The summed E-state index contributed by atoms with van der Waals surface area (Å²) in [4.78, 5) is 13.3. The second kappa shape index (κ2) is 4.70. The SMILES string of the molecule is C=Cc1ccccc1N(C(C)=O)c1ccco1. The summed E-state index contributed by atoms with van der Waals surface area (Å²) >= 11 is 0. The molecule has 86 valence electrons. The third kappa shape index (κ3) is 2.13. The Morgan fingerprint density at radius 3 is 2.65 bits per heavy atom. The highest BCUT2D eigenvalue weighted by Gasteiger charge is 2.18. The largest absolute Gasteiger partial charge is 0.448 e. The maximum atomic E-state index is 11.7. The van der Waals surface area contributed by atoms with Gasteiger partial charge in [0, 0.05) is 13.0 Å². The highest BCUT2D eigenvalue weighted by molar-refractivity contribution is 5.99. The van der Waals surface area contributed by atoms with Crippen LogP contribution < -0.4 is 4.90 Å². The number of hydrogen-bond donors (Lipinski definition) is 0. The first kappa shape index (κ1) is 11.2. The Morgan fingerprint density at radius 1 is 1.29 bits per heavy atom. The van der Waals surface area contributed by atoms with Gasteiger partial charge in [0.2, 0.25) is 11.8 Å². The molecule has 2 rings (SSSR count). The van der Waals surface area contributed by atoms with Crippen LogP contribution in [0.15, 0.2) is 53.7 Å². The molecule has 1 aromatic carbocycles. The number of furan rings is 1. The van der Waals surface area contributed by atoms with Gasteiger partial charge in [0.05, 0.1) is 12.0 Å². The summed E-state index contributed by atoms with van der Waals surface area (Å²) in [6.07, 6.45) is 3.26. The molecule has 1 aromatic heterocycles. The summed E-state index contributed by atoms with van der Waals surface area (Å²) in [5.74, 6) is 0.404. The average Bonchev–Trinajstić information content (AvgIpc) is 2.83. The molecule has 0 aliphatic heterocycles. The zero-order chi connectivity index (χ0) is 12.3. The van der Waals surface area contributed by atoms with E-state index >= 15 is 0 Å². The predicted molar refractivity (Wildman–Crippen MR) is 68.1 cm³/mol. The van der Waals surface area contributed by atoms with Crippen molar-refractivity contribution < 1.29 is 9.21 Å². The molecule has 17 heavy (non-hydrogen) atoms. The van der Waals surface area contributed by atoms with E-state index in [0.717, 1.165) is 11.3 Å². The Kier molecular flexibility index (Phi) is 3.10. The Labute approximate surface area is 100.0 Å². The predicted octanol–water partition coefficient (Wildman–Crippen LogP) is 3.61. The molecular weight excluding hydrogens is 214 g/mol. The minimum Gasteiger partial charge on any atom is -0.448 e. The summed E-state index contributed by atoms with van der Waals surface area (Å²) in [5, 5.41) is 0. The van der Waals surface area contributed by atoms with Crippen molar-refractivity contribution >= 4 is 23.6 Å². The van der Waals surface area contributed by atoms with Crippen LogP contribution in [-0.4, -0.2) is 5.91 Å². The Hall–Kier alpha value is -2.29. The van der Waals surface area contributed by atoms with Crippen molar-refractivity contribution in [1.82, 2.24) is 0 Å². The zero-order valence-electron chi connectivity index (χ0n) is 9.59. The highest BCUT2D eigenvalue weighted by Crippen LogP contribution is 2.29. The molecule has 2 aromatic rings. The van der Waals surface area contributed by atoms with E-state index in [1.165, 1.54) is 11.8 Å². The number of benzene rings is 1. The van der Waals surface area contributed by atoms with Crippen LogP contribution in [0.3, 0.4) is 0 Å². The van der Waals surface area contributed by atoms with E-state index in [-0.39, 0.29) is 5.91 Å². The molecule has 0 saturated carbocycles. The first-order valence-corrected chi connectivity index (χ1v) is 5.29. The van der Waals surface area contributed by atoms with Crippen molar-refractivity contribution in [2.75, 3.05) is 4.90 Å². The smallest absolute Gasteiger partial charge is 0.230 e. The van der Waals surface area contributed by atoms with Gasteiger partial charge >= 0.3 is 0 Å². The Morgan fingerprint density at radius 2 is 2.06 bits per heavy atom. The van der Waals surface area contributed by atoms with Gasteiger partial charge in [-0.1, -0.05) is 30.9 Å². The number of hydrogen-bond acceptors (Lipinski definition) is 2. The number of nitrogens with zero attached hydrogens (tertiary/aromatic N) is 1. The van der Waals surface area contributed by atoms with Crippen LogP contribution in [0.5, 0.6) is 0 Å². The number of para-hydroxylation sites is 1. The summed E-state index contributed by atoms with van der Waals surface area (Å²) in [6, 6.07) is 11.0. The van der Waals surface area contributed by atoms with Crippen LogP contribution in [0.4, 0.5) is 11.6 Å². The lowest BCUT2D eigenvalue weighted by Crippen LogP contribution is -2.22. The van der Waals surface area contributed by atoms with Gasteiger partial charge in [-0.15, -0.1) is 0 Å². The van der Waals surface area contributed by atoms with Crippen molar-refractivity contribution in [1.29, 1.82) is 0 Å². The molecule has 0 aliphatic rings. The molecule has 1 amide bonds. The minimum atomic E-state index is -0.103. The fraction of sp³-hybridized carbons (Fsp3) is 0.0714. The number of amides is 1. The molecule has 0 saturated heterocycles. The van der Waals surface area contributed by atoms with Crippen LogP contribution >= 0.6 is 0 Å². The monoisotopic (exact) mass is 227 g/mol. The van der Waals surface area contributed by atoms with E-state index in [4.69, 9.17) is 4.42 Å². The zero-order valence-corrected chi connectivity index (χ0v) is 9.59. The van der Waals surface area contributed by atoms with Crippen molar-refractivity contribution in [3.8, 4) is 0 Å². The molecule has 0 N–H and O–H groups in total. The van der Waals surface area contributed by atoms with Crippen LogP contribution in [-0.2, 0) is 4.79 Å². The fourth-order valence-corrected chi connectivity index (χ4v) is 1.70. The number of carbonyl (C=O) groups excluding carboxylic acids is 1. The van der Waals surface area contributed by atoms with E-state index in [2.05, 4.69) is 6.58 Å². The maximum Gasteiger partial charge on any atom is 0.230 e. The Balaban J connectivity index is 2.54. The van der Waals surface area contributed by atoms with Crippen LogP contribution in [0.1, 0.15) is 12.5 Å². The molecule has 0 unspecified atom stereocenters. The van der Waals surface area contributed by atoms with Gasteiger partial charge in [0.15, 0.2) is 0 Å². The summed E-state index contributed by atoms with van der Waals surface area (Å²) in [6.45, 7) is 5.25. The van der Waals surface area contributed by atoms with Gasteiger partial charge in [-0.25, -0.2) is 0 Å². The van der Waals surface area contributed by atoms with Gasteiger partial charge in [0.25, 0.3) is 0 Å². The molecule has 0 aliphatic carbocycles. The molecule has 3 heteroatoms. The minimum absolute atomic E-state index is 0.103. The number of rotatable bonds is 3. The third-order valence-corrected chi connectivity index (χ3v) is 2.44. The second-order valence-electron chi connectivity index (χ2n) is 3.57. The van der Waals surface area contributed by atoms with Gasteiger partial charge in [-0.05, 0) is 17.7 Å². The number of anilines is 2. The third-order valence-electron chi connectivity index (χ3n) is 2.44. The molecule has 0 atom stereocenters. The van der Waals surface area contributed by atoms with E-state index in [0.29, 0.717) is 5.88 Å². The van der Waals surface area contributed by atoms with E-state index < -0.39 is 0 Å². The van der Waals surface area contributed by atoms with Gasteiger partial charge in [-0.3, -0.25) is 9.69 Å². The van der Waals surface area contributed by atoms with E-state index in [1.54, 1.807) is 24.5 Å². The van der Waals surface area contributed by atoms with Crippen molar-refractivity contribution in [2.45, 2.75) is 6.92 Å². The topological polar surface area (TPSA) is 33.5 Å². The lowest BCUT2D eigenvalue weighted by atomic mass is 10.1. The lowest BCUT2D eigenvalue weighted by Gasteiger charge is -2.20. The van der Waals surface area contributed by atoms with Crippen LogP contribution in [0.25, 0.3) is 6.08 Å². The summed E-state index contributed by atoms with van der Waals surface area (Å²) < 4.78 is 5.28. The van der Waals surface area contributed by atoms with E-state index in [9.17, 15) is 4.79 Å². The van der Waals surface area contributed by atoms with Crippen LogP contribution in [0, 0.1) is 0 Å². The molecule has 0 radical (unpaired) electrons. The Bertz CT molecular complexity index is 529. The second-order valence-corrected chi connectivity index (χ2v) is 3.57. The summed E-state index contributed by atoms with van der Waals surface area (Å²) in [7, 11) is 0. The molecule has 0 spiro atoms. The van der Waals surface area contributed by atoms with Crippen molar-refractivity contribution in [3.63, 3.8) is 0 Å². The molecular formula is C14H13NO2.